The van der Waals surface area contributed by atoms with Crippen LogP contribution in [-0.4, -0.2) is 27.1 Å². The van der Waals surface area contributed by atoms with Crippen LogP contribution in [-0.2, 0) is 14.8 Å². The Balaban J connectivity index is 1.90. The van der Waals surface area contributed by atoms with Gasteiger partial charge in [0.05, 0.1) is 18.0 Å². The van der Waals surface area contributed by atoms with Crippen LogP contribution < -0.4 is 9.62 Å². The predicted octanol–water partition coefficient (Wildman–Crippen LogP) is 4.32. The summed E-state index contributed by atoms with van der Waals surface area (Å²) >= 11 is 5.91. The van der Waals surface area contributed by atoms with Crippen molar-refractivity contribution in [3.63, 3.8) is 0 Å². The molecule has 1 amide bonds. The molecule has 3 rings (SSSR count). The van der Waals surface area contributed by atoms with E-state index in [4.69, 9.17) is 11.6 Å². The van der Waals surface area contributed by atoms with Crippen LogP contribution >= 0.6 is 11.6 Å². The van der Waals surface area contributed by atoms with Gasteiger partial charge in [-0.1, -0.05) is 66.2 Å². The third-order valence-corrected chi connectivity index (χ3v) is 6.13. The maximum Gasteiger partial charge on any atom is 0.241 e. The molecule has 0 aliphatic rings. The van der Waals surface area contributed by atoms with Gasteiger partial charge in [0.2, 0.25) is 15.9 Å². The summed E-state index contributed by atoms with van der Waals surface area (Å²) in [6, 6.07) is 23.3. The Bertz CT molecular complexity index is 1120. The van der Waals surface area contributed by atoms with Crippen LogP contribution in [0, 0.1) is 6.92 Å². The number of benzene rings is 3. The van der Waals surface area contributed by atoms with Crippen molar-refractivity contribution >= 4 is 33.2 Å². The minimum absolute atomic E-state index is 0.338. The second-order valence-corrected chi connectivity index (χ2v) is 9.36. The molecule has 0 aromatic heterocycles. The molecule has 7 heteroatoms. The van der Waals surface area contributed by atoms with Gasteiger partial charge in [0.15, 0.2) is 0 Å². The number of nitrogens with zero attached hydrogens (tertiary/aromatic N) is 1. The van der Waals surface area contributed by atoms with E-state index < -0.39 is 22.0 Å². The predicted molar refractivity (Wildman–Crippen MR) is 121 cm³/mol. The molecular formula is C23H23ClN2O3S. The number of rotatable bonds is 7. The van der Waals surface area contributed by atoms with Gasteiger partial charge in [-0.15, -0.1) is 0 Å². The molecule has 0 aliphatic carbocycles. The molecule has 0 unspecified atom stereocenters. The van der Waals surface area contributed by atoms with Crippen molar-refractivity contribution in [2.24, 2.45) is 0 Å². The van der Waals surface area contributed by atoms with E-state index in [1.165, 1.54) is 0 Å². The molecule has 3 aromatic rings. The average molecular weight is 443 g/mol. The third kappa shape index (κ3) is 5.40. The first-order valence-electron chi connectivity index (χ1n) is 9.39. The Labute approximate surface area is 182 Å². The fourth-order valence-corrected chi connectivity index (χ4v) is 4.22. The van der Waals surface area contributed by atoms with Gasteiger partial charge >= 0.3 is 0 Å². The summed E-state index contributed by atoms with van der Waals surface area (Å²) in [5, 5.41) is 3.49. The largest absolute Gasteiger partial charge is 0.344 e. The Morgan fingerprint density at radius 3 is 2.17 bits per heavy atom. The molecule has 1 atom stereocenters. The minimum atomic E-state index is -3.67. The van der Waals surface area contributed by atoms with Crippen LogP contribution in [0.5, 0.6) is 0 Å². The Morgan fingerprint density at radius 1 is 0.967 bits per heavy atom. The standard InChI is InChI=1S/C23H23ClN2O3S/c1-17-8-6-7-11-21(17)23(18-9-4-3-5-10-18)25-22(27)16-26(30(2,28)29)20-14-12-19(24)13-15-20/h3-15,23H,16H2,1-2H3,(H,25,27)/t23-/m0/s1. The van der Waals surface area contributed by atoms with Gasteiger partial charge in [-0.3, -0.25) is 9.10 Å². The van der Waals surface area contributed by atoms with E-state index in [0.717, 1.165) is 27.3 Å². The molecule has 156 valence electrons. The highest BCUT2D eigenvalue weighted by Crippen LogP contribution is 2.25. The van der Waals surface area contributed by atoms with Crippen molar-refractivity contribution < 1.29 is 13.2 Å². The summed E-state index contributed by atoms with van der Waals surface area (Å²) in [4.78, 5) is 13.0. The second kappa shape index (κ2) is 9.32. The second-order valence-electron chi connectivity index (χ2n) is 7.01. The van der Waals surface area contributed by atoms with Crippen molar-refractivity contribution in [1.29, 1.82) is 0 Å². The lowest BCUT2D eigenvalue weighted by atomic mass is 9.95. The van der Waals surface area contributed by atoms with Gasteiger partial charge in [0, 0.05) is 5.02 Å². The Morgan fingerprint density at radius 2 is 1.57 bits per heavy atom. The molecular weight excluding hydrogens is 420 g/mol. The zero-order valence-corrected chi connectivity index (χ0v) is 18.3. The van der Waals surface area contributed by atoms with Gasteiger partial charge in [-0.25, -0.2) is 8.42 Å². The lowest BCUT2D eigenvalue weighted by Crippen LogP contribution is -2.42. The van der Waals surface area contributed by atoms with Gasteiger partial charge in [0.25, 0.3) is 0 Å². The molecule has 0 heterocycles. The Kier molecular flexibility index (Phi) is 6.80. The lowest BCUT2D eigenvalue weighted by Gasteiger charge is -2.25. The molecule has 0 spiro atoms. The molecule has 5 nitrogen and oxygen atoms in total. The Hall–Kier alpha value is -2.83. The van der Waals surface area contributed by atoms with E-state index in [1.807, 2.05) is 61.5 Å². The number of carbonyl (C=O) groups is 1. The average Bonchev–Trinajstić information content (AvgIpc) is 2.71. The van der Waals surface area contributed by atoms with Gasteiger partial charge < -0.3 is 5.32 Å². The van der Waals surface area contributed by atoms with E-state index in [9.17, 15) is 13.2 Å². The monoisotopic (exact) mass is 442 g/mol. The number of anilines is 1. The van der Waals surface area contributed by atoms with Crippen molar-refractivity contribution in [2.75, 3.05) is 17.1 Å². The van der Waals surface area contributed by atoms with Crippen LogP contribution in [0.2, 0.25) is 5.02 Å². The number of halogens is 1. The zero-order valence-electron chi connectivity index (χ0n) is 16.7. The van der Waals surface area contributed by atoms with Gasteiger partial charge in [0.1, 0.15) is 6.54 Å². The number of amides is 1. The number of hydrogen-bond acceptors (Lipinski definition) is 3. The van der Waals surface area contributed by atoms with Gasteiger partial charge in [-0.2, -0.15) is 0 Å². The van der Waals surface area contributed by atoms with E-state index in [1.54, 1.807) is 24.3 Å². The molecule has 30 heavy (non-hydrogen) atoms. The third-order valence-electron chi connectivity index (χ3n) is 4.74. The molecule has 0 saturated heterocycles. The molecule has 0 aliphatic heterocycles. The normalized spacial score (nSPS) is 12.2. The first kappa shape index (κ1) is 21.9. The van der Waals surface area contributed by atoms with Crippen molar-refractivity contribution in [2.45, 2.75) is 13.0 Å². The fraction of sp³-hybridized carbons (Fsp3) is 0.174. The van der Waals surface area contributed by atoms with Crippen LogP contribution in [0.1, 0.15) is 22.7 Å². The quantitative estimate of drug-likeness (QED) is 0.592. The lowest BCUT2D eigenvalue weighted by molar-refractivity contribution is -0.120. The van der Waals surface area contributed by atoms with Gasteiger partial charge in [-0.05, 0) is 47.9 Å². The maximum atomic E-state index is 13.0. The van der Waals surface area contributed by atoms with E-state index >= 15 is 0 Å². The van der Waals surface area contributed by atoms with E-state index in [-0.39, 0.29) is 6.54 Å². The summed E-state index contributed by atoms with van der Waals surface area (Å²) in [7, 11) is -3.67. The first-order chi connectivity index (χ1) is 14.3. The fourth-order valence-electron chi connectivity index (χ4n) is 3.24. The van der Waals surface area contributed by atoms with Crippen LogP contribution in [0.15, 0.2) is 78.9 Å². The summed E-state index contributed by atoms with van der Waals surface area (Å²) in [5.74, 6) is -0.410. The van der Waals surface area contributed by atoms with Crippen LogP contribution in [0.25, 0.3) is 0 Å². The molecule has 1 N–H and O–H groups in total. The number of sulfonamides is 1. The first-order valence-corrected chi connectivity index (χ1v) is 11.6. The topological polar surface area (TPSA) is 66.5 Å². The van der Waals surface area contributed by atoms with Crippen LogP contribution in [0.3, 0.4) is 0 Å². The molecule has 0 bridgehead atoms. The SMILES string of the molecule is Cc1ccccc1[C@@H](NC(=O)CN(c1ccc(Cl)cc1)S(C)(=O)=O)c1ccccc1. The summed E-state index contributed by atoms with van der Waals surface area (Å²) in [6.07, 6.45) is 1.07. The van der Waals surface area contributed by atoms with Crippen molar-refractivity contribution in [3.05, 3.63) is 101 Å². The molecule has 0 radical (unpaired) electrons. The van der Waals surface area contributed by atoms with Crippen molar-refractivity contribution in [3.8, 4) is 0 Å². The number of carbonyl (C=O) groups excluding carboxylic acids is 1. The van der Waals surface area contributed by atoms with E-state index in [0.29, 0.717) is 10.7 Å². The highest BCUT2D eigenvalue weighted by atomic mass is 35.5. The highest BCUT2D eigenvalue weighted by molar-refractivity contribution is 7.92. The summed E-state index contributed by atoms with van der Waals surface area (Å²) < 4.78 is 25.8. The summed E-state index contributed by atoms with van der Waals surface area (Å²) in [5.41, 5.74) is 3.28. The number of aryl methyl sites for hydroxylation is 1. The summed E-state index contributed by atoms with van der Waals surface area (Å²) in [6.45, 7) is 1.64. The van der Waals surface area contributed by atoms with Crippen molar-refractivity contribution in [1.82, 2.24) is 5.32 Å². The number of nitrogens with one attached hydrogen (secondary N) is 1. The molecule has 3 aromatic carbocycles. The smallest absolute Gasteiger partial charge is 0.241 e. The minimum Gasteiger partial charge on any atom is -0.344 e. The zero-order chi connectivity index (χ0) is 21.7. The van der Waals surface area contributed by atoms with E-state index in [2.05, 4.69) is 5.32 Å². The van der Waals surface area contributed by atoms with Crippen LogP contribution in [0.4, 0.5) is 5.69 Å². The molecule has 0 saturated carbocycles. The maximum absolute atomic E-state index is 13.0. The highest BCUT2D eigenvalue weighted by Gasteiger charge is 2.24. The number of hydrogen-bond donors (Lipinski definition) is 1. The molecule has 0 fully saturated rings.